The first-order chi connectivity index (χ1) is 11.2. The van der Waals surface area contributed by atoms with E-state index in [1.807, 2.05) is 6.92 Å². The van der Waals surface area contributed by atoms with Crippen LogP contribution in [-0.2, 0) is 13.0 Å². The number of H-pyrrole nitrogens is 1. The van der Waals surface area contributed by atoms with Gasteiger partial charge in [0, 0.05) is 38.4 Å². The van der Waals surface area contributed by atoms with E-state index >= 15 is 0 Å². The van der Waals surface area contributed by atoms with Crippen LogP contribution in [0.5, 0.6) is 0 Å². The van der Waals surface area contributed by atoms with Crippen LogP contribution < -0.4 is 0 Å². The molecule has 1 N–H and O–H groups in total. The first-order valence-corrected chi connectivity index (χ1v) is 8.73. The quantitative estimate of drug-likeness (QED) is 0.776. The smallest absolute Gasteiger partial charge is 0.103 e. The van der Waals surface area contributed by atoms with Crippen LogP contribution in [0.1, 0.15) is 42.7 Å². The number of imidazole rings is 1. The molecule has 1 saturated heterocycles. The Kier molecular flexibility index (Phi) is 11.5. The minimum atomic E-state index is 0. The number of hydrogen-bond donors (Lipinski definition) is 1. The van der Waals surface area contributed by atoms with Gasteiger partial charge < -0.3 is 4.98 Å². The van der Waals surface area contributed by atoms with Crippen molar-refractivity contribution in [1.29, 1.82) is 0 Å². The zero-order valence-electron chi connectivity index (χ0n) is 15.8. The van der Waals surface area contributed by atoms with Crippen LogP contribution in [0.25, 0.3) is 0 Å². The molecule has 1 unspecified atom stereocenters. The van der Waals surface area contributed by atoms with E-state index in [1.54, 1.807) is 0 Å². The Bertz CT molecular complexity index is 625. The average molecular weight is 422 g/mol. The number of rotatable bonds is 5. The number of piperazine rings is 1. The molecule has 3 rings (SSSR count). The molecule has 0 amide bonds. The second-order valence-electron chi connectivity index (χ2n) is 6.51. The van der Waals surface area contributed by atoms with Gasteiger partial charge in [-0.05, 0) is 25.8 Å². The minimum Gasteiger partial charge on any atom is -0.346 e. The summed E-state index contributed by atoms with van der Waals surface area (Å²) in [5.41, 5.74) is 3.94. The summed E-state index contributed by atoms with van der Waals surface area (Å²) in [4.78, 5) is 13.3. The van der Waals surface area contributed by atoms with Crippen molar-refractivity contribution in [2.75, 3.05) is 26.2 Å². The molecule has 0 spiro atoms. The molecular formula is C19H31Cl3N4. The Morgan fingerprint density at radius 1 is 1.04 bits per heavy atom. The van der Waals surface area contributed by atoms with Crippen molar-refractivity contribution in [2.24, 2.45) is 0 Å². The molecule has 2 heterocycles. The number of benzene rings is 1. The number of aromatic amines is 1. The molecule has 0 saturated carbocycles. The summed E-state index contributed by atoms with van der Waals surface area (Å²) in [6.07, 6.45) is 1.02. The van der Waals surface area contributed by atoms with Gasteiger partial charge in [0.05, 0.1) is 11.7 Å². The molecule has 2 aromatic rings. The molecule has 1 atom stereocenters. The highest BCUT2D eigenvalue weighted by atomic mass is 35.5. The van der Waals surface area contributed by atoms with Gasteiger partial charge in [0.15, 0.2) is 0 Å². The van der Waals surface area contributed by atoms with Gasteiger partial charge in [-0.15, -0.1) is 37.2 Å². The summed E-state index contributed by atoms with van der Waals surface area (Å²) in [5.74, 6) is 1.03. The Labute approximate surface area is 176 Å². The van der Waals surface area contributed by atoms with Crippen molar-refractivity contribution in [3.63, 3.8) is 0 Å². The molecule has 1 aromatic heterocycles. The highest BCUT2D eigenvalue weighted by Crippen LogP contribution is 2.24. The molecule has 0 radical (unpaired) electrons. The maximum Gasteiger partial charge on any atom is 0.103 e. The first-order valence-electron chi connectivity index (χ1n) is 8.73. The lowest BCUT2D eigenvalue weighted by molar-refractivity contribution is 0.0962. The van der Waals surface area contributed by atoms with Gasteiger partial charge in [-0.2, -0.15) is 0 Å². The zero-order chi connectivity index (χ0) is 16.2. The molecular weight excluding hydrogens is 391 g/mol. The van der Waals surface area contributed by atoms with Gasteiger partial charge in [0.2, 0.25) is 0 Å². The van der Waals surface area contributed by atoms with Gasteiger partial charge in [0.1, 0.15) is 5.82 Å². The van der Waals surface area contributed by atoms with Crippen LogP contribution in [0.2, 0.25) is 0 Å². The highest BCUT2D eigenvalue weighted by Gasteiger charge is 2.25. The zero-order valence-corrected chi connectivity index (χ0v) is 18.2. The first kappa shape index (κ1) is 25.2. The van der Waals surface area contributed by atoms with Crippen molar-refractivity contribution >= 4 is 37.2 Å². The van der Waals surface area contributed by atoms with Crippen molar-refractivity contribution < 1.29 is 0 Å². The van der Waals surface area contributed by atoms with E-state index < -0.39 is 0 Å². The van der Waals surface area contributed by atoms with Crippen LogP contribution >= 0.6 is 37.2 Å². The second kappa shape index (κ2) is 11.8. The molecule has 26 heavy (non-hydrogen) atoms. The lowest BCUT2D eigenvalue weighted by atomic mass is 10.1. The highest BCUT2D eigenvalue weighted by molar-refractivity contribution is 5.86. The third-order valence-corrected chi connectivity index (χ3v) is 4.88. The molecule has 1 aliphatic rings. The second-order valence-corrected chi connectivity index (χ2v) is 6.51. The molecule has 1 fully saturated rings. The standard InChI is InChI=1S/C19H28N4.3ClH/c1-4-18-19(21-16(3)20-18)15(2)23-12-10-22(11-13-23)14-17-8-6-5-7-9-17;;;/h5-9,15H,4,10-14H2,1-3H3,(H,20,21);3*1H. The van der Waals surface area contributed by atoms with Crippen molar-refractivity contribution in [3.8, 4) is 0 Å². The predicted molar refractivity (Wildman–Crippen MR) is 116 cm³/mol. The Morgan fingerprint density at radius 2 is 1.65 bits per heavy atom. The monoisotopic (exact) mass is 420 g/mol. The molecule has 1 aromatic carbocycles. The Balaban J connectivity index is 0.00000208. The van der Waals surface area contributed by atoms with Crippen molar-refractivity contribution in [1.82, 2.24) is 19.8 Å². The summed E-state index contributed by atoms with van der Waals surface area (Å²) in [6, 6.07) is 11.2. The number of hydrogen-bond acceptors (Lipinski definition) is 3. The average Bonchev–Trinajstić information content (AvgIpc) is 2.97. The number of nitrogens with one attached hydrogen (secondary N) is 1. The molecule has 0 aliphatic carbocycles. The van der Waals surface area contributed by atoms with Gasteiger partial charge in [0.25, 0.3) is 0 Å². The largest absolute Gasteiger partial charge is 0.346 e. The van der Waals surface area contributed by atoms with E-state index in [0.717, 1.165) is 45.0 Å². The molecule has 4 nitrogen and oxygen atoms in total. The van der Waals surface area contributed by atoms with Gasteiger partial charge in [-0.25, -0.2) is 4.98 Å². The predicted octanol–water partition coefficient (Wildman–Crippen LogP) is 4.42. The molecule has 1 aliphatic heterocycles. The number of aromatic nitrogens is 2. The minimum absolute atomic E-state index is 0. The third kappa shape index (κ3) is 6.14. The van der Waals surface area contributed by atoms with E-state index in [-0.39, 0.29) is 37.2 Å². The lowest BCUT2D eigenvalue weighted by Gasteiger charge is -2.37. The lowest BCUT2D eigenvalue weighted by Crippen LogP contribution is -2.46. The fraction of sp³-hybridized carbons (Fsp3) is 0.526. The SMILES string of the molecule is CCc1[nH]c(C)nc1C(C)N1CCN(Cc2ccccc2)CC1.Cl.Cl.Cl. The van der Waals surface area contributed by atoms with Crippen LogP contribution in [0.15, 0.2) is 30.3 Å². The molecule has 0 bridgehead atoms. The summed E-state index contributed by atoms with van der Waals surface area (Å²) < 4.78 is 0. The number of nitrogens with zero attached hydrogens (tertiary/aromatic N) is 3. The maximum atomic E-state index is 4.73. The van der Waals surface area contributed by atoms with Crippen LogP contribution in [0.3, 0.4) is 0 Å². The maximum absolute atomic E-state index is 4.73. The van der Waals surface area contributed by atoms with Crippen LogP contribution in [0, 0.1) is 6.92 Å². The summed E-state index contributed by atoms with van der Waals surface area (Å²) in [5, 5.41) is 0. The van der Waals surface area contributed by atoms with E-state index in [2.05, 4.69) is 59.0 Å². The third-order valence-electron chi connectivity index (χ3n) is 4.88. The summed E-state index contributed by atoms with van der Waals surface area (Å²) >= 11 is 0. The summed E-state index contributed by atoms with van der Waals surface area (Å²) in [7, 11) is 0. The van der Waals surface area contributed by atoms with E-state index in [0.29, 0.717) is 6.04 Å². The van der Waals surface area contributed by atoms with E-state index in [4.69, 9.17) is 4.98 Å². The topological polar surface area (TPSA) is 35.2 Å². The Morgan fingerprint density at radius 3 is 2.23 bits per heavy atom. The fourth-order valence-electron chi connectivity index (χ4n) is 3.50. The van der Waals surface area contributed by atoms with E-state index in [1.165, 1.54) is 17.0 Å². The van der Waals surface area contributed by atoms with Crippen molar-refractivity contribution in [3.05, 3.63) is 53.1 Å². The van der Waals surface area contributed by atoms with Gasteiger partial charge in [-0.1, -0.05) is 37.3 Å². The van der Waals surface area contributed by atoms with Crippen LogP contribution in [0.4, 0.5) is 0 Å². The normalized spacial score (nSPS) is 16.1. The summed E-state index contributed by atoms with van der Waals surface area (Å²) in [6.45, 7) is 12.1. The molecule has 7 heteroatoms. The van der Waals surface area contributed by atoms with Gasteiger partial charge >= 0.3 is 0 Å². The van der Waals surface area contributed by atoms with E-state index in [9.17, 15) is 0 Å². The number of halogens is 3. The Hall–Kier alpha value is -0.780. The van der Waals surface area contributed by atoms with Gasteiger partial charge in [-0.3, -0.25) is 9.80 Å². The van der Waals surface area contributed by atoms with Crippen LogP contribution in [-0.4, -0.2) is 45.9 Å². The fourth-order valence-corrected chi connectivity index (χ4v) is 3.50. The number of aryl methyl sites for hydroxylation is 2. The van der Waals surface area contributed by atoms with Crippen molar-refractivity contribution in [2.45, 2.75) is 39.8 Å². The molecule has 148 valence electrons.